The third-order valence-corrected chi connectivity index (χ3v) is 4.39. The fourth-order valence-electron chi connectivity index (χ4n) is 2.45. The zero-order chi connectivity index (χ0) is 12.4. The second-order valence-corrected chi connectivity index (χ2v) is 5.57. The van der Waals surface area contributed by atoms with E-state index in [1.807, 2.05) is 0 Å². The number of nitrogens with one attached hydrogen (secondary N) is 2. The molecule has 0 saturated carbocycles. The van der Waals surface area contributed by atoms with E-state index in [0.717, 1.165) is 24.8 Å². The summed E-state index contributed by atoms with van der Waals surface area (Å²) in [5.41, 5.74) is 2.24. The van der Waals surface area contributed by atoms with Gasteiger partial charge in [0.25, 0.3) is 0 Å². The highest BCUT2D eigenvalue weighted by Gasteiger charge is 2.26. The Bertz CT molecular complexity index is 532. The van der Waals surface area contributed by atoms with Gasteiger partial charge in [-0.15, -0.1) is 11.3 Å². The van der Waals surface area contributed by atoms with Crippen molar-refractivity contribution < 1.29 is 4.79 Å². The molecule has 0 radical (unpaired) electrons. The van der Waals surface area contributed by atoms with E-state index in [1.54, 1.807) is 23.7 Å². The molecule has 2 aromatic heterocycles. The Hall–Kier alpha value is -1.62. The smallest absolute Gasteiger partial charge is 0.227 e. The molecule has 0 saturated heterocycles. The van der Waals surface area contributed by atoms with Gasteiger partial charge < -0.3 is 5.32 Å². The number of aromatic amines is 1. The predicted octanol–water partition coefficient (Wildman–Crippen LogP) is 2.21. The van der Waals surface area contributed by atoms with Crippen LogP contribution < -0.4 is 5.32 Å². The third-order valence-electron chi connectivity index (χ3n) is 3.39. The van der Waals surface area contributed by atoms with Crippen molar-refractivity contribution in [3.8, 4) is 0 Å². The maximum absolute atomic E-state index is 12.2. The normalized spacial score (nSPS) is 18.3. The number of hydrogen-bond donors (Lipinski definition) is 2. The molecular weight excluding hydrogens is 246 g/mol. The monoisotopic (exact) mass is 261 g/mol. The van der Waals surface area contributed by atoms with Gasteiger partial charge in [0, 0.05) is 23.2 Å². The zero-order valence-corrected chi connectivity index (χ0v) is 10.8. The molecule has 1 aliphatic carbocycles. The molecule has 1 unspecified atom stereocenters. The van der Waals surface area contributed by atoms with E-state index in [0.29, 0.717) is 6.54 Å². The first-order valence-corrected chi connectivity index (χ1v) is 7.04. The zero-order valence-electron chi connectivity index (χ0n) is 9.98. The Morgan fingerprint density at radius 3 is 3.39 bits per heavy atom. The lowest BCUT2D eigenvalue weighted by Gasteiger charge is -2.21. The van der Waals surface area contributed by atoms with Crippen LogP contribution in [0, 0.1) is 0 Å². The maximum atomic E-state index is 12.2. The molecule has 5 heteroatoms. The second-order valence-electron chi connectivity index (χ2n) is 4.57. The quantitative estimate of drug-likeness (QED) is 0.890. The summed E-state index contributed by atoms with van der Waals surface area (Å²) >= 11 is 1.77. The third kappa shape index (κ3) is 2.18. The van der Waals surface area contributed by atoms with Crippen LogP contribution in [0.2, 0.25) is 0 Å². The number of thiophene rings is 1. The van der Waals surface area contributed by atoms with Crippen LogP contribution in [0.5, 0.6) is 0 Å². The molecule has 1 aliphatic rings. The van der Waals surface area contributed by atoms with E-state index in [9.17, 15) is 4.79 Å². The topological polar surface area (TPSA) is 57.8 Å². The second kappa shape index (κ2) is 4.94. The van der Waals surface area contributed by atoms with Crippen LogP contribution in [0.3, 0.4) is 0 Å². The summed E-state index contributed by atoms with van der Waals surface area (Å²) in [6.07, 6.45) is 6.73. The van der Waals surface area contributed by atoms with Gasteiger partial charge in [0.15, 0.2) is 0 Å². The van der Waals surface area contributed by atoms with Gasteiger partial charge in [-0.3, -0.25) is 9.89 Å². The van der Waals surface area contributed by atoms with Crippen LogP contribution in [-0.2, 0) is 17.8 Å². The van der Waals surface area contributed by atoms with E-state index < -0.39 is 0 Å². The number of carbonyl (C=O) groups excluding carboxylic acids is 1. The van der Waals surface area contributed by atoms with Crippen molar-refractivity contribution in [1.82, 2.24) is 15.5 Å². The lowest BCUT2D eigenvalue weighted by Crippen LogP contribution is -2.30. The van der Waals surface area contributed by atoms with E-state index in [4.69, 9.17) is 0 Å². The molecule has 2 aromatic rings. The average molecular weight is 261 g/mol. The number of carbonyl (C=O) groups is 1. The summed E-state index contributed by atoms with van der Waals surface area (Å²) in [5, 5.41) is 11.7. The Morgan fingerprint density at radius 2 is 2.56 bits per heavy atom. The van der Waals surface area contributed by atoms with Crippen molar-refractivity contribution >= 4 is 17.2 Å². The van der Waals surface area contributed by atoms with Gasteiger partial charge in [-0.1, -0.05) is 0 Å². The lowest BCUT2D eigenvalue weighted by atomic mass is 9.87. The minimum atomic E-state index is 0.0342. The first-order chi connectivity index (χ1) is 8.84. The summed E-state index contributed by atoms with van der Waals surface area (Å²) < 4.78 is 0. The van der Waals surface area contributed by atoms with Gasteiger partial charge in [0.1, 0.15) is 0 Å². The van der Waals surface area contributed by atoms with Crippen LogP contribution in [0.4, 0.5) is 0 Å². The van der Waals surface area contributed by atoms with Gasteiger partial charge in [-0.2, -0.15) is 5.10 Å². The number of fused-ring (bicyclic) bond motifs is 1. The molecule has 18 heavy (non-hydrogen) atoms. The Balaban J connectivity index is 1.67. The van der Waals surface area contributed by atoms with Gasteiger partial charge >= 0.3 is 0 Å². The molecule has 2 heterocycles. The molecule has 0 aromatic carbocycles. The minimum Gasteiger partial charge on any atom is -0.351 e. The molecule has 2 N–H and O–H groups in total. The summed E-state index contributed by atoms with van der Waals surface area (Å²) in [6.45, 7) is 0.547. The van der Waals surface area contributed by atoms with E-state index in [1.165, 1.54) is 10.4 Å². The molecule has 1 amide bonds. The Labute approximate surface area is 109 Å². The fraction of sp³-hybridized carbons (Fsp3) is 0.385. The number of H-pyrrole nitrogens is 1. The van der Waals surface area contributed by atoms with Gasteiger partial charge in [0.05, 0.1) is 12.1 Å². The fourth-order valence-corrected chi connectivity index (χ4v) is 3.43. The first kappa shape index (κ1) is 11.5. The number of aryl methyl sites for hydroxylation is 1. The molecular formula is C13H15N3OS. The highest BCUT2D eigenvalue weighted by Crippen LogP contribution is 2.34. The van der Waals surface area contributed by atoms with Crippen LogP contribution in [0.1, 0.15) is 34.8 Å². The van der Waals surface area contributed by atoms with Crippen molar-refractivity contribution in [2.24, 2.45) is 0 Å². The van der Waals surface area contributed by atoms with Crippen LogP contribution in [0.15, 0.2) is 23.8 Å². The molecule has 0 fully saturated rings. The van der Waals surface area contributed by atoms with Gasteiger partial charge in [0.2, 0.25) is 5.91 Å². The highest BCUT2D eigenvalue weighted by molar-refractivity contribution is 7.10. The van der Waals surface area contributed by atoms with Gasteiger partial charge in [-0.05, 0) is 36.3 Å². The molecule has 1 atom stereocenters. The number of aromatic nitrogens is 2. The molecule has 4 nitrogen and oxygen atoms in total. The van der Waals surface area contributed by atoms with Crippen molar-refractivity contribution in [2.45, 2.75) is 31.7 Å². The molecule has 0 aliphatic heterocycles. The first-order valence-electron chi connectivity index (χ1n) is 6.16. The van der Waals surface area contributed by atoms with Crippen LogP contribution >= 0.6 is 11.3 Å². The lowest BCUT2D eigenvalue weighted by molar-refractivity contribution is -0.123. The number of hydrogen-bond acceptors (Lipinski definition) is 3. The molecule has 94 valence electrons. The SMILES string of the molecule is O=C(NCc1cn[nH]c1)C1CCCc2sccc21. The molecule has 0 spiro atoms. The summed E-state index contributed by atoms with van der Waals surface area (Å²) in [5.74, 6) is 0.169. The van der Waals surface area contributed by atoms with E-state index in [2.05, 4.69) is 27.0 Å². The van der Waals surface area contributed by atoms with Crippen LogP contribution in [0.25, 0.3) is 0 Å². The summed E-state index contributed by atoms with van der Waals surface area (Å²) in [4.78, 5) is 13.6. The highest BCUT2D eigenvalue weighted by atomic mass is 32.1. The summed E-state index contributed by atoms with van der Waals surface area (Å²) in [7, 11) is 0. The Morgan fingerprint density at radius 1 is 1.61 bits per heavy atom. The number of amides is 1. The number of rotatable bonds is 3. The predicted molar refractivity (Wildman–Crippen MR) is 70.4 cm³/mol. The Kier molecular flexibility index (Phi) is 3.15. The van der Waals surface area contributed by atoms with Crippen molar-refractivity contribution in [2.75, 3.05) is 0 Å². The maximum Gasteiger partial charge on any atom is 0.227 e. The largest absolute Gasteiger partial charge is 0.351 e. The van der Waals surface area contributed by atoms with Crippen LogP contribution in [-0.4, -0.2) is 16.1 Å². The van der Waals surface area contributed by atoms with E-state index in [-0.39, 0.29) is 11.8 Å². The van der Waals surface area contributed by atoms with Gasteiger partial charge in [-0.25, -0.2) is 0 Å². The standard InChI is InChI=1S/C13H15N3OS/c17-13(14-6-9-7-15-16-8-9)11-2-1-3-12-10(11)4-5-18-12/h4-5,7-8,11H,1-3,6H2,(H,14,17)(H,15,16). The van der Waals surface area contributed by atoms with Crippen molar-refractivity contribution in [1.29, 1.82) is 0 Å². The summed E-state index contributed by atoms with van der Waals surface area (Å²) in [6, 6.07) is 2.10. The van der Waals surface area contributed by atoms with Crippen molar-refractivity contribution in [3.63, 3.8) is 0 Å². The van der Waals surface area contributed by atoms with Crippen molar-refractivity contribution in [3.05, 3.63) is 39.8 Å². The molecule has 3 rings (SSSR count). The van der Waals surface area contributed by atoms with E-state index >= 15 is 0 Å². The number of nitrogens with zero attached hydrogens (tertiary/aromatic N) is 1. The average Bonchev–Trinajstić information content (AvgIpc) is 3.05. The minimum absolute atomic E-state index is 0.0342. The molecule has 0 bridgehead atoms.